The summed E-state index contributed by atoms with van der Waals surface area (Å²) in [6.07, 6.45) is 3.78. The molecule has 3 aromatic rings. The van der Waals surface area contributed by atoms with E-state index in [9.17, 15) is 9.59 Å². The fraction of sp³-hybridized carbons (Fsp3) is 0.0500. The maximum absolute atomic E-state index is 11.5. The number of pyridine rings is 1. The van der Waals surface area contributed by atoms with E-state index in [-0.39, 0.29) is 11.5 Å². The average molecular weight is 332 g/mol. The fourth-order valence-electron chi connectivity index (χ4n) is 2.44. The number of amides is 1. The first kappa shape index (κ1) is 16.4. The van der Waals surface area contributed by atoms with Gasteiger partial charge in [-0.05, 0) is 48.0 Å². The minimum Gasteiger partial charge on any atom is -0.478 e. The average Bonchev–Trinajstić information content (AvgIpc) is 2.65. The molecule has 0 saturated heterocycles. The third kappa shape index (κ3) is 3.72. The van der Waals surface area contributed by atoms with E-state index in [1.165, 1.54) is 0 Å². The Morgan fingerprint density at radius 1 is 0.960 bits per heavy atom. The van der Waals surface area contributed by atoms with Crippen LogP contribution in [0.5, 0.6) is 0 Å². The van der Waals surface area contributed by atoms with Gasteiger partial charge in [-0.2, -0.15) is 0 Å². The molecular weight excluding hydrogens is 316 g/mol. The van der Waals surface area contributed by atoms with Crippen LogP contribution in [0.15, 0.2) is 54.6 Å². The van der Waals surface area contributed by atoms with Crippen LogP contribution in [0.25, 0.3) is 23.1 Å². The lowest BCUT2D eigenvalue weighted by Crippen LogP contribution is -2.17. The zero-order valence-electron chi connectivity index (χ0n) is 13.6. The van der Waals surface area contributed by atoms with Crippen LogP contribution >= 0.6 is 0 Å². The Labute approximate surface area is 144 Å². The molecule has 0 spiro atoms. The maximum atomic E-state index is 11.5. The molecule has 0 bridgehead atoms. The highest BCUT2D eigenvalue weighted by molar-refractivity contribution is 5.94. The Balaban J connectivity index is 1.82. The number of carbonyl (C=O) groups is 2. The first-order chi connectivity index (χ1) is 12.1. The van der Waals surface area contributed by atoms with Crippen molar-refractivity contribution in [3.05, 3.63) is 77.0 Å². The Kier molecular flexibility index (Phi) is 4.57. The van der Waals surface area contributed by atoms with Crippen molar-refractivity contribution in [2.45, 2.75) is 0 Å². The second kappa shape index (κ2) is 6.97. The molecule has 0 aliphatic heterocycles. The van der Waals surface area contributed by atoms with Crippen LogP contribution in [-0.4, -0.2) is 29.0 Å². The van der Waals surface area contributed by atoms with Gasteiger partial charge in [-0.1, -0.05) is 24.3 Å². The third-order valence-corrected chi connectivity index (χ3v) is 3.80. The molecule has 5 heteroatoms. The van der Waals surface area contributed by atoms with Crippen molar-refractivity contribution in [2.24, 2.45) is 0 Å². The molecule has 0 aliphatic carbocycles. The van der Waals surface area contributed by atoms with Crippen LogP contribution in [0.4, 0.5) is 0 Å². The standard InChI is InChI=1S/C20H16N2O3/c1-21-19(23)14-5-2-13(3-6-14)4-9-17-10-7-15-12-16(20(24)25)8-11-18(15)22-17/h2-12H,1H3,(H,21,23)(H,24,25)/b9-4+. The molecule has 1 heterocycles. The number of carboxylic acid groups (broad SMARTS) is 1. The molecule has 1 amide bonds. The molecule has 0 fully saturated rings. The number of carboxylic acids is 1. The van der Waals surface area contributed by atoms with E-state index in [2.05, 4.69) is 10.3 Å². The van der Waals surface area contributed by atoms with Crippen LogP contribution in [0.1, 0.15) is 32.0 Å². The van der Waals surface area contributed by atoms with Gasteiger partial charge in [-0.3, -0.25) is 4.79 Å². The van der Waals surface area contributed by atoms with Gasteiger partial charge in [-0.25, -0.2) is 9.78 Å². The van der Waals surface area contributed by atoms with E-state index >= 15 is 0 Å². The molecular formula is C20H16N2O3. The normalized spacial score (nSPS) is 10.9. The summed E-state index contributed by atoms with van der Waals surface area (Å²) in [6, 6.07) is 15.8. The molecule has 0 radical (unpaired) electrons. The largest absolute Gasteiger partial charge is 0.478 e. The molecule has 25 heavy (non-hydrogen) atoms. The minimum atomic E-state index is -0.953. The van der Waals surface area contributed by atoms with Crippen LogP contribution in [0.3, 0.4) is 0 Å². The van der Waals surface area contributed by atoms with Crippen LogP contribution in [0.2, 0.25) is 0 Å². The number of hydrogen-bond donors (Lipinski definition) is 2. The fourth-order valence-corrected chi connectivity index (χ4v) is 2.44. The summed E-state index contributed by atoms with van der Waals surface area (Å²) < 4.78 is 0. The van der Waals surface area contributed by atoms with Crippen molar-refractivity contribution in [3.63, 3.8) is 0 Å². The lowest BCUT2D eigenvalue weighted by atomic mass is 10.1. The van der Waals surface area contributed by atoms with Gasteiger partial charge in [0.1, 0.15) is 0 Å². The topological polar surface area (TPSA) is 79.3 Å². The summed E-state index contributed by atoms with van der Waals surface area (Å²) in [7, 11) is 1.60. The number of fused-ring (bicyclic) bond motifs is 1. The number of nitrogens with zero attached hydrogens (tertiary/aromatic N) is 1. The summed E-state index contributed by atoms with van der Waals surface area (Å²) in [5.41, 5.74) is 3.32. The van der Waals surface area contributed by atoms with Crippen molar-refractivity contribution in [2.75, 3.05) is 7.05 Å². The number of benzene rings is 2. The first-order valence-corrected chi connectivity index (χ1v) is 7.71. The Bertz CT molecular complexity index is 976. The minimum absolute atomic E-state index is 0.118. The monoisotopic (exact) mass is 332 g/mol. The summed E-state index contributed by atoms with van der Waals surface area (Å²) >= 11 is 0. The molecule has 0 unspecified atom stereocenters. The number of rotatable bonds is 4. The van der Waals surface area contributed by atoms with Gasteiger partial charge in [0.05, 0.1) is 16.8 Å². The molecule has 0 atom stereocenters. The van der Waals surface area contributed by atoms with Crippen molar-refractivity contribution in [1.82, 2.24) is 10.3 Å². The second-order valence-electron chi connectivity index (χ2n) is 5.48. The lowest BCUT2D eigenvalue weighted by Gasteiger charge is -2.02. The van der Waals surface area contributed by atoms with Gasteiger partial charge in [0.2, 0.25) is 0 Å². The predicted octanol–water partition coefficient (Wildman–Crippen LogP) is 3.46. The molecule has 2 aromatic carbocycles. The zero-order chi connectivity index (χ0) is 17.8. The van der Waals surface area contributed by atoms with Crippen molar-refractivity contribution >= 4 is 34.9 Å². The SMILES string of the molecule is CNC(=O)c1ccc(/C=C/c2ccc3cc(C(=O)O)ccc3n2)cc1. The lowest BCUT2D eigenvalue weighted by molar-refractivity contribution is 0.0696. The summed E-state index contributed by atoms with van der Waals surface area (Å²) in [5, 5.41) is 12.4. The highest BCUT2D eigenvalue weighted by Gasteiger charge is 2.04. The van der Waals surface area contributed by atoms with E-state index in [0.29, 0.717) is 5.56 Å². The Hall–Kier alpha value is -3.47. The van der Waals surface area contributed by atoms with Gasteiger partial charge in [-0.15, -0.1) is 0 Å². The summed E-state index contributed by atoms with van der Waals surface area (Å²) in [6.45, 7) is 0. The van der Waals surface area contributed by atoms with Crippen molar-refractivity contribution < 1.29 is 14.7 Å². The summed E-state index contributed by atoms with van der Waals surface area (Å²) in [5.74, 6) is -1.07. The molecule has 0 aliphatic rings. The van der Waals surface area contributed by atoms with E-state index in [1.807, 2.05) is 36.4 Å². The van der Waals surface area contributed by atoms with Crippen molar-refractivity contribution in [1.29, 1.82) is 0 Å². The van der Waals surface area contributed by atoms with E-state index in [4.69, 9.17) is 5.11 Å². The Morgan fingerprint density at radius 3 is 2.36 bits per heavy atom. The van der Waals surface area contributed by atoms with Gasteiger partial charge in [0.25, 0.3) is 5.91 Å². The zero-order valence-corrected chi connectivity index (χ0v) is 13.6. The van der Waals surface area contributed by atoms with Crippen molar-refractivity contribution in [3.8, 4) is 0 Å². The number of aromatic nitrogens is 1. The Morgan fingerprint density at radius 2 is 1.68 bits per heavy atom. The number of aromatic carboxylic acids is 1. The molecule has 1 aromatic heterocycles. The molecule has 0 saturated carbocycles. The van der Waals surface area contributed by atoms with Gasteiger partial charge < -0.3 is 10.4 Å². The van der Waals surface area contributed by atoms with E-state index in [0.717, 1.165) is 22.2 Å². The number of hydrogen-bond acceptors (Lipinski definition) is 3. The molecule has 5 nitrogen and oxygen atoms in total. The maximum Gasteiger partial charge on any atom is 0.335 e. The van der Waals surface area contributed by atoms with Crippen LogP contribution in [0, 0.1) is 0 Å². The third-order valence-electron chi connectivity index (χ3n) is 3.80. The number of nitrogens with one attached hydrogen (secondary N) is 1. The van der Waals surface area contributed by atoms with E-state index < -0.39 is 5.97 Å². The quantitative estimate of drug-likeness (QED) is 0.767. The summed E-state index contributed by atoms with van der Waals surface area (Å²) in [4.78, 5) is 27.0. The van der Waals surface area contributed by atoms with Gasteiger partial charge in [0.15, 0.2) is 0 Å². The van der Waals surface area contributed by atoms with Crippen LogP contribution in [-0.2, 0) is 0 Å². The molecule has 124 valence electrons. The van der Waals surface area contributed by atoms with Gasteiger partial charge >= 0.3 is 5.97 Å². The second-order valence-corrected chi connectivity index (χ2v) is 5.48. The van der Waals surface area contributed by atoms with Crippen LogP contribution < -0.4 is 5.32 Å². The molecule has 3 rings (SSSR count). The highest BCUT2D eigenvalue weighted by Crippen LogP contribution is 2.16. The first-order valence-electron chi connectivity index (χ1n) is 7.71. The predicted molar refractivity (Wildman–Crippen MR) is 97.5 cm³/mol. The smallest absolute Gasteiger partial charge is 0.335 e. The van der Waals surface area contributed by atoms with Gasteiger partial charge in [0, 0.05) is 18.0 Å². The number of carbonyl (C=O) groups excluding carboxylic acids is 1. The highest BCUT2D eigenvalue weighted by atomic mass is 16.4. The van der Waals surface area contributed by atoms with E-state index in [1.54, 1.807) is 37.4 Å². The molecule has 2 N–H and O–H groups in total.